The number of hydrogen-bond acceptors (Lipinski definition) is 4. The second-order valence-electron chi connectivity index (χ2n) is 7.13. The van der Waals surface area contributed by atoms with E-state index in [1.54, 1.807) is 0 Å². The molecule has 1 fully saturated rings. The van der Waals surface area contributed by atoms with Gasteiger partial charge in [-0.25, -0.2) is 0 Å². The molecule has 166 valence electrons. The van der Waals surface area contributed by atoms with Gasteiger partial charge in [0.15, 0.2) is 11.7 Å². The number of piperidine rings is 1. The Morgan fingerprint density at radius 3 is 2.39 bits per heavy atom. The number of rotatable bonds is 4. The van der Waals surface area contributed by atoms with Crippen molar-refractivity contribution in [2.45, 2.75) is 31.5 Å². The maximum Gasteiger partial charge on any atom is 0.416 e. The van der Waals surface area contributed by atoms with Gasteiger partial charge in [-0.2, -0.15) is 18.2 Å². The Kier molecular flexibility index (Phi) is 6.34. The van der Waals surface area contributed by atoms with Crippen LogP contribution in [0.5, 0.6) is 0 Å². The van der Waals surface area contributed by atoms with Crippen molar-refractivity contribution in [1.29, 1.82) is 0 Å². The molecule has 0 radical (unpaired) electrons. The highest BCUT2D eigenvalue weighted by molar-refractivity contribution is 6.02. The number of likely N-dealkylation sites (tertiary alicyclic amines) is 1. The van der Waals surface area contributed by atoms with E-state index in [1.165, 1.54) is 29.2 Å². The van der Waals surface area contributed by atoms with Gasteiger partial charge >= 0.3 is 6.18 Å². The number of amides is 2. The molecule has 1 aliphatic heterocycles. The quantitative estimate of drug-likeness (QED) is 0.495. The molecule has 2 amide bonds. The van der Waals surface area contributed by atoms with Gasteiger partial charge in [0.05, 0.1) is 5.56 Å². The molecule has 2 heterocycles. The van der Waals surface area contributed by atoms with Gasteiger partial charge in [0.25, 0.3) is 11.8 Å². The highest BCUT2D eigenvalue weighted by Crippen LogP contribution is 2.39. The minimum Gasteiger partial charge on any atom is -0.453 e. The van der Waals surface area contributed by atoms with Crippen LogP contribution in [-0.4, -0.2) is 40.9 Å². The summed E-state index contributed by atoms with van der Waals surface area (Å²) in [5.41, 5.74) is 9.11. The van der Waals surface area contributed by atoms with Crippen molar-refractivity contribution in [1.82, 2.24) is 4.90 Å². The van der Waals surface area contributed by atoms with E-state index in [9.17, 15) is 22.8 Å². The summed E-state index contributed by atoms with van der Waals surface area (Å²) >= 11 is 0. The fourth-order valence-electron chi connectivity index (χ4n) is 3.60. The lowest BCUT2D eigenvalue weighted by atomic mass is 9.85. The number of aliphatic hydroxyl groups is 1. The lowest BCUT2D eigenvalue weighted by molar-refractivity contribution is -0.138. The van der Waals surface area contributed by atoms with Gasteiger partial charge in [0.1, 0.15) is 12.4 Å². The molecule has 1 aromatic heterocycles. The van der Waals surface area contributed by atoms with E-state index in [4.69, 9.17) is 21.0 Å². The van der Waals surface area contributed by atoms with Crippen molar-refractivity contribution < 1.29 is 32.3 Å². The summed E-state index contributed by atoms with van der Waals surface area (Å²) in [5.74, 6) is -2.00. The van der Waals surface area contributed by atoms with E-state index < -0.39 is 29.5 Å². The van der Waals surface area contributed by atoms with Crippen LogP contribution in [0.3, 0.4) is 0 Å². The zero-order chi connectivity index (χ0) is 22.8. The largest absolute Gasteiger partial charge is 0.453 e. The van der Waals surface area contributed by atoms with Crippen LogP contribution in [0.25, 0.3) is 0 Å². The Hall–Kier alpha value is -3.34. The van der Waals surface area contributed by atoms with Crippen molar-refractivity contribution in [3.63, 3.8) is 0 Å². The highest BCUT2D eigenvalue weighted by atomic mass is 19.4. The zero-order valence-corrected chi connectivity index (χ0v) is 16.4. The van der Waals surface area contributed by atoms with Crippen LogP contribution < -0.4 is 11.5 Å². The molecule has 31 heavy (non-hydrogen) atoms. The number of hydrogen-bond donors (Lipinski definition) is 3. The average Bonchev–Trinajstić information content (AvgIpc) is 3.21. The Bertz CT molecular complexity index is 1000. The van der Waals surface area contributed by atoms with Gasteiger partial charge in [-0.1, -0.05) is 6.07 Å². The summed E-state index contributed by atoms with van der Waals surface area (Å²) in [7, 11) is 0. The third kappa shape index (κ3) is 5.05. The van der Waals surface area contributed by atoms with Crippen LogP contribution >= 0.6 is 0 Å². The second-order valence-corrected chi connectivity index (χ2v) is 7.13. The fourth-order valence-corrected chi connectivity index (χ4v) is 3.60. The van der Waals surface area contributed by atoms with E-state index in [2.05, 4.69) is 4.99 Å². The first-order chi connectivity index (χ1) is 14.6. The number of aliphatic imine (C=N–C) groups is 1. The molecule has 2 aromatic rings. The Morgan fingerprint density at radius 1 is 1.16 bits per heavy atom. The van der Waals surface area contributed by atoms with Gasteiger partial charge in [0, 0.05) is 18.7 Å². The highest BCUT2D eigenvalue weighted by Gasteiger charge is 2.37. The summed E-state index contributed by atoms with van der Waals surface area (Å²) in [5, 5.41) is 9.04. The summed E-state index contributed by atoms with van der Waals surface area (Å²) in [6, 6.07) is 6.21. The first kappa shape index (κ1) is 22.3. The molecule has 0 unspecified atom stereocenters. The number of halogens is 3. The van der Waals surface area contributed by atoms with Crippen LogP contribution in [0.4, 0.5) is 13.2 Å². The fraction of sp³-hybridized carbons (Fsp3) is 0.350. The van der Waals surface area contributed by atoms with Crippen molar-refractivity contribution in [2.75, 3.05) is 13.1 Å². The van der Waals surface area contributed by atoms with Gasteiger partial charge in [0.2, 0.25) is 0 Å². The predicted octanol–water partition coefficient (Wildman–Crippen LogP) is 2.22. The molecule has 0 aliphatic carbocycles. The van der Waals surface area contributed by atoms with E-state index >= 15 is 0 Å². The van der Waals surface area contributed by atoms with Gasteiger partial charge < -0.3 is 25.9 Å². The Morgan fingerprint density at radius 2 is 1.84 bits per heavy atom. The molecule has 0 atom stereocenters. The number of benzene rings is 1. The van der Waals surface area contributed by atoms with Gasteiger partial charge in [-0.15, -0.1) is 0 Å². The van der Waals surface area contributed by atoms with Crippen molar-refractivity contribution >= 4 is 17.8 Å². The lowest BCUT2D eigenvalue weighted by Crippen LogP contribution is -2.38. The molecule has 11 heteroatoms. The Balaban J connectivity index is 1.78. The third-order valence-corrected chi connectivity index (χ3v) is 5.09. The molecule has 1 saturated heterocycles. The molecule has 8 nitrogen and oxygen atoms in total. The van der Waals surface area contributed by atoms with Crippen molar-refractivity contribution in [3.8, 4) is 0 Å². The maximum absolute atomic E-state index is 13.7. The van der Waals surface area contributed by atoms with Gasteiger partial charge in [-0.3, -0.25) is 9.59 Å². The average molecular weight is 438 g/mol. The van der Waals surface area contributed by atoms with Crippen molar-refractivity contribution in [3.05, 3.63) is 58.5 Å². The summed E-state index contributed by atoms with van der Waals surface area (Å²) in [6.07, 6.45) is -4.06. The third-order valence-electron chi connectivity index (χ3n) is 5.09. The standard InChI is InChI=1S/C20H21F3N4O4/c21-20(22,23)15-9-12(17(29)26-19(24)25)1-3-14(15)11-5-7-27(8-6-11)18(30)16-4-2-13(10-28)31-16/h1-4,9,11,28H,5-8,10H2,(H4,24,25,26,29). The SMILES string of the molecule is NC(N)=NC(=O)c1ccc(C2CCN(C(=O)c3ccc(CO)o3)CC2)c(C(F)(F)F)c1. The molecule has 5 N–H and O–H groups in total. The number of furan rings is 1. The topological polar surface area (TPSA) is 135 Å². The first-order valence-electron chi connectivity index (χ1n) is 9.44. The van der Waals surface area contributed by atoms with Gasteiger partial charge in [-0.05, 0) is 48.6 Å². The van der Waals surface area contributed by atoms with E-state index in [-0.39, 0.29) is 48.3 Å². The molecule has 3 rings (SSSR count). The number of alkyl halides is 3. The number of guanidine groups is 1. The number of nitrogens with two attached hydrogens (primary N) is 2. The monoisotopic (exact) mass is 438 g/mol. The smallest absolute Gasteiger partial charge is 0.416 e. The van der Waals surface area contributed by atoms with E-state index in [1.807, 2.05) is 0 Å². The van der Waals surface area contributed by atoms with Crippen LogP contribution in [0.2, 0.25) is 0 Å². The summed E-state index contributed by atoms with van der Waals surface area (Å²) in [4.78, 5) is 29.2. The minimum absolute atomic E-state index is 0.0569. The number of aliphatic hydroxyl groups excluding tert-OH is 1. The molecule has 1 aliphatic rings. The molecule has 0 saturated carbocycles. The van der Waals surface area contributed by atoms with Crippen LogP contribution in [-0.2, 0) is 12.8 Å². The zero-order valence-electron chi connectivity index (χ0n) is 16.4. The van der Waals surface area contributed by atoms with Crippen LogP contribution in [0.15, 0.2) is 39.7 Å². The number of carbonyl (C=O) groups is 2. The molecule has 1 aromatic carbocycles. The predicted molar refractivity (Wildman–Crippen MR) is 104 cm³/mol. The van der Waals surface area contributed by atoms with Crippen molar-refractivity contribution in [2.24, 2.45) is 16.5 Å². The maximum atomic E-state index is 13.7. The van der Waals surface area contributed by atoms with Crippen LogP contribution in [0, 0.1) is 0 Å². The number of carbonyl (C=O) groups excluding carboxylic acids is 2. The summed E-state index contributed by atoms with van der Waals surface area (Å²) in [6.45, 7) is 0.145. The Labute approximate surface area is 175 Å². The molecule has 0 spiro atoms. The van der Waals surface area contributed by atoms with E-state index in [0.29, 0.717) is 12.8 Å². The lowest BCUT2D eigenvalue weighted by Gasteiger charge is -2.33. The minimum atomic E-state index is -4.68. The normalized spacial score (nSPS) is 15.0. The molecule has 0 bridgehead atoms. The van der Waals surface area contributed by atoms with Crippen LogP contribution in [0.1, 0.15) is 56.6 Å². The number of nitrogens with zero attached hydrogens (tertiary/aromatic N) is 2. The first-order valence-corrected chi connectivity index (χ1v) is 9.44. The summed E-state index contributed by atoms with van der Waals surface area (Å²) < 4.78 is 46.3. The van der Waals surface area contributed by atoms with E-state index in [0.717, 1.165) is 6.07 Å². The molecular formula is C20H21F3N4O4. The second kappa shape index (κ2) is 8.80. The molecular weight excluding hydrogens is 417 g/mol.